The minimum absolute atomic E-state index is 0.182. The van der Waals surface area contributed by atoms with Crippen LogP contribution in [0.5, 0.6) is 5.75 Å². The second kappa shape index (κ2) is 3.47. The number of nitrogens with zero attached hydrogens (tertiary/aromatic N) is 2. The summed E-state index contributed by atoms with van der Waals surface area (Å²) in [5, 5.41) is -0.298. The maximum Gasteiger partial charge on any atom is 0.320 e. The molecule has 0 aliphatic carbocycles. The van der Waals surface area contributed by atoms with Gasteiger partial charge < -0.3 is 4.74 Å². The predicted molar refractivity (Wildman–Crippen MR) is 55.0 cm³/mol. The molecule has 2 rings (SSSR count). The number of pyridine rings is 1. The standard InChI is InChI=1S/C9H8N2O3S/c1-7-5-11-9(15(7,12)13)14-8-3-2-4-10-6-8/h2-6H,1H3. The van der Waals surface area contributed by atoms with Gasteiger partial charge in [-0.05, 0) is 19.1 Å². The van der Waals surface area contributed by atoms with E-state index >= 15 is 0 Å². The number of allylic oxidation sites excluding steroid dienone is 1. The van der Waals surface area contributed by atoms with Crippen LogP contribution in [0.15, 0.2) is 40.6 Å². The third-order valence-electron chi connectivity index (χ3n) is 1.85. The highest BCUT2D eigenvalue weighted by atomic mass is 32.2. The smallest absolute Gasteiger partial charge is 0.320 e. The Morgan fingerprint density at radius 3 is 2.73 bits per heavy atom. The van der Waals surface area contributed by atoms with Gasteiger partial charge in [-0.2, -0.15) is 0 Å². The molecule has 0 aromatic carbocycles. The first-order chi connectivity index (χ1) is 7.10. The molecule has 0 radical (unpaired) electrons. The van der Waals surface area contributed by atoms with Crippen LogP contribution in [0, 0.1) is 0 Å². The van der Waals surface area contributed by atoms with Crippen molar-refractivity contribution in [3.8, 4) is 5.75 Å². The van der Waals surface area contributed by atoms with Gasteiger partial charge in [0.15, 0.2) is 0 Å². The Hall–Kier alpha value is -1.69. The average molecular weight is 224 g/mol. The number of sulfone groups is 1. The highest BCUT2D eigenvalue weighted by Crippen LogP contribution is 2.19. The third kappa shape index (κ3) is 1.75. The molecule has 0 saturated carbocycles. The highest BCUT2D eigenvalue weighted by Gasteiger charge is 2.28. The summed E-state index contributed by atoms with van der Waals surface area (Å²) in [6.07, 6.45) is 4.26. The van der Waals surface area contributed by atoms with Crippen LogP contribution in [0.3, 0.4) is 0 Å². The molecule has 0 spiro atoms. The molecule has 0 N–H and O–H groups in total. The van der Waals surface area contributed by atoms with Crippen LogP contribution in [0.2, 0.25) is 0 Å². The van der Waals surface area contributed by atoms with E-state index in [1.165, 1.54) is 19.3 Å². The molecule has 0 unspecified atom stereocenters. The Bertz CT molecular complexity index is 532. The lowest BCUT2D eigenvalue weighted by molar-refractivity contribution is 0.547. The fourth-order valence-corrected chi connectivity index (χ4v) is 1.87. The van der Waals surface area contributed by atoms with E-state index in [4.69, 9.17) is 4.74 Å². The van der Waals surface area contributed by atoms with E-state index in [2.05, 4.69) is 9.98 Å². The lowest BCUT2D eigenvalue weighted by Gasteiger charge is -2.03. The van der Waals surface area contributed by atoms with Gasteiger partial charge in [0.1, 0.15) is 5.75 Å². The van der Waals surface area contributed by atoms with E-state index in [0.717, 1.165) is 0 Å². The lowest BCUT2D eigenvalue weighted by atomic mass is 10.5. The van der Waals surface area contributed by atoms with Gasteiger partial charge in [-0.15, -0.1) is 0 Å². The summed E-state index contributed by atoms with van der Waals surface area (Å²) in [4.78, 5) is 7.66. The molecule has 6 heteroatoms. The zero-order valence-electron chi connectivity index (χ0n) is 7.91. The van der Waals surface area contributed by atoms with E-state index in [1.54, 1.807) is 18.3 Å². The minimum atomic E-state index is -3.50. The SMILES string of the molecule is CC1=CN=C(Oc2cccnc2)S1(=O)=O. The minimum Gasteiger partial charge on any atom is -0.428 e. The maximum atomic E-state index is 11.6. The van der Waals surface area contributed by atoms with Crippen LogP contribution < -0.4 is 4.74 Å². The molecule has 78 valence electrons. The van der Waals surface area contributed by atoms with Crippen LogP contribution in [0.1, 0.15) is 6.92 Å². The van der Waals surface area contributed by atoms with Crippen molar-refractivity contribution in [3.63, 3.8) is 0 Å². The monoisotopic (exact) mass is 224 g/mol. The number of rotatable bonds is 1. The molecule has 0 bridgehead atoms. The Balaban J connectivity index is 2.25. The fraction of sp³-hybridized carbons (Fsp3) is 0.111. The number of hydrogen-bond acceptors (Lipinski definition) is 5. The van der Waals surface area contributed by atoms with E-state index in [-0.39, 0.29) is 10.1 Å². The average Bonchev–Trinajstić information content (AvgIpc) is 2.47. The van der Waals surface area contributed by atoms with Gasteiger partial charge in [-0.25, -0.2) is 13.4 Å². The van der Waals surface area contributed by atoms with Crippen LogP contribution in [0.4, 0.5) is 0 Å². The summed E-state index contributed by atoms with van der Waals surface area (Å²) in [5.41, 5.74) is 0. The Kier molecular flexibility index (Phi) is 2.28. The van der Waals surface area contributed by atoms with Gasteiger partial charge >= 0.3 is 5.23 Å². The highest BCUT2D eigenvalue weighted by molar-refractivity contribution is 8.09. The zero-order valence-corrected chi connectivity index (χ0v) is 8.73. The van der Waals surface area contributed by atoms with Gasteiger partial charge in [0.2, 0.25) is 0 Å². The van der Waals surface area contributed by atoms with Gasteiger partial charge in [0.25, 0.3) is 9.84 Å². The normalized spacial score (nSPS) is 18.2. The van der Waals surface area contributed by atoms with E-state index in [9.17, 15) is 8.42 Å². The first-order valence-electron chi connectivity index (χ1n) is 4.18. The van der Waals surface area contributed by atoms with Crippen molar-refractivity contribution in [3.05, 3.63) is 35.6 Å². The summed E-state index contributed by atoms with van der Waals surface area (Å²) in [6.45, 7) is 1.47. The fourth-order valence-electron chi connectivity index (χ4n) is 1.01. The van der Waals surface area contributed by atoms with Crippen LogP contribution >= 0.6 is 0 Å². The lowest BCUT2D eigenvalue weighted by Crippen LogP contribution is -2.18. The molecule has 1 aliphatic rings. The molecule has 0 saturated heterocycles. The van der Waals surface area contributed by atoms with Crippen LogP contribution in [0.25, 0.3) is 0 Å². The molecule has 1 aromatic rings. The summed E-state index contributed by atoms with van der Waals surface area (Å²) in [7, 11) is -3.50. The predicted octanol–water partition coefficient (Wildman–Crippen LogP) is 1.11. The number of hydrogen-bond donors (Lipinski definition) is 0. The van der Waals surface area contributed by atoms with Gasteiger partial charge in [-0.3, -0.25) is 4.98 Å². The first kappa shape index (κ1) is 9.85. The Labute approximate surface area is 87.0 Å². The Morgan fingerprint density at radius 1 is 1.40 bits per heavy atom. The second-order valence-corrected chi connectivity index (χ2v) is 4.93. The molecular weight excluding hydrogens is 216 g/mol. The zero-order chi connectivity index (χ0) is 10.9. The Morgan fingerprint density at radius 2 is 2.20 bits per heavy atom. The van der Waals surface area contributed by atoms with Crippen molar-refractivity contribution < 1.29 is 13.2 Å². The molecule has 0 atom stereocenters. The maximum absolute atomic E-state index is 11.6. The van der Waals surface area contributed by atoms with E-state index < -0.39 is 9.84 Å². The molecule has 1 aromatic heterocycles. The van der Waals surface area contributed by atoms with Crippen molar-refractivity contribution in [2.75, 3.05) is 0 Å². The summed E-state index contributed by atoms with van der Waals surface area (Å²) in [6, 6.07) is 3.26. The van der Waals surface area contributed by atoms with Gasteiger partial charge in [0, 0.05) is 12.4 Å². The summed E-state index contributed by atoms with van der Waals surface area (Å²) < 4.78 is 28.2. The van der Waals surface area contributed by atoms with Crippen molar-refractivity contribution in [2.45, 2.75) is 6.92 Å². The van der Waals surface area contributed by atoms with Crippen molar-refractivity contribution in [1.29, 1.82) is 0 Å². The van der Waals surface area contributed by atoms with E-state index in [0.29, 0.717) is 5.75 Å². The largest absolute Gasteiger partial charge is 0.428 e. The van der Waals surface area contributed by atoms with Crippen LogP contribution in [-0.2, 0) is 9.84 Å². The van der Waals surface area contributed by atoms with Crippen molar-refractivity contribution in [1.82, 2.24) is 4.98 Å². The number of ether oxygens (including phenoxy) is 1. The molecular formula is C9H8N2O3S. The third-order valence-corrected chi connectivity index (χ3v) is 3.45. The van der Waals surface area contributed by atoms with Crippen LogP contribution in [-0.4, -0.2) is 18.6 Å². The van der Waals surface area contributed by atoms with Gasteiger partial charge in [-0.1, -0.05) is 0 Å². The summed E-state index contributed by atoms with van der Waals surface area (Å²) in [5.74, 6) is 0.350. The molecule has 5 nitrogen and oxygen atoms in total. The van der Waals surface area contributed by atoms with Crippen molar-refractivity contribution in [2.24, 2.45) is 4.99 Å². The van der Waals surface area contributed by atoms with E-state index in [1.807, 2.05) is 0 Å². The molecule has 0 amide bonds. The molecule has 1 aliphatic heterocycles. The van der Waals surface area contributed by atoms with Gasteiger partial charge in [0.05, 0.1) is 11.1 Å². The quantitative estimate of drug-likeness (QED) is 0.716. The molecule has 0 fully saturated rings. The molecule has 2 heterocycles. The topological polar surface area (TPSA) is 68.6 Å². The number of aromatic nitrogens is 1. The first-order valence-corrected chi connectivity index (χ1v) is 5.66. The van der Waals surface area contributed by atoms with Crippen molar-refractivity contribution >= 4 is 15.1 Å². The molecule has 15 heavy (non-hydrogen) atoms. The number of aliphatic imine (C=N–C) groups is 1. The second-order valence-electron chi connectivity index (χ2n) is 2.93. The summed E-state index contributed by atoms with van der Waals surface area (Å²) >= 11 is 0.